The molecule has 0 radical (unpaired) electrons. The van der Waals surface area contributed by atoms with Gasteiger partial charge in [0.25, 0.3) is 0 Å². The van der Waals surface area contributed by atoms with Crippen molar-refractivity contribution < 1.29 is 4.74 Å². The Morgan fingerprint density at radius 3 is 1.74 bits per heavy atom. The number of rotatable bonds is 4. The van der Waals surface area contributed by atoms with Gasteiger partial charge in [-0.15, -0.1) is 0 Å². The standard InChI is InChI=1S/C22H30O/c1-21(2,3)18-14-19(22(4,5)6)16-20(15-18)23-13-12-17-10-8-7-9-11-17/h7-11,14-16H,12-13H2,1-6H3. The van der Waals surface area contributed by atoms with Gasteiger partial charge < -0.3 is 4.74 Å². The number of hydrogen-bond acceptors (Lipinski definition) is 1. The van der Waals surface area contributed by atoms with Crippen LogP contribution in [0.15, 0.2) is 48.5 Å². The summed E-state index contributed by atoms with van der Waals surface area (Å²) < 4.78 is 6.08. The summed E-state index contributed by atoms with van der Waals surface area (Å²) in [5.74, 6) is 0.985. The first kappa shape index (κ1) is 17.6. The van der Waals surface area contributed by atoms with E-state index >= 15 is 0 Å². The zero-order valence-corrected chi connectivity index (χ0v) is 15.4. The second-order valence-electron chi connectivity index (χ2n) is 8.33. The largest absolute Gasteiger partial charge is 0.493 e. The summed E-state index contributed by atoms with van der Waals surface area (Å²) in [5, 5.41) is 0. The van der Waals surface area contributed by atoms with Crippen LogP contribution in [-0.2, 0) is 17.3 Å². The maximum Gasteiger partial charge on any atom is 0.119 e. The molecule has 0 heterocycles. The highest BCUT2D eigenvalue weighted by atomic mass is 16.5. The Balaban J connectivity index is 2.17. The van der Waals surface area contributed by atoms with Crippen LogP contribution in [0.5, 0.6) is 5.75 Å². The van der Waals surface area contributed by atoms with Gasteiger partial charge in [-0.25, -0.2) is 0 Å². The fraction of sp³-hybridized carbons (Fsp3) is 0.455. The monoisotopic (exact) mass is 310 g/mol. The van der Waals surface area contributed by atoms with Crippen molar-refractivity contribution in [2.24, 2.45) is 0 Å². The SMILES string of the molecule is CC(C)(C)c1cc(OCCc2ccccc2)cc(C(C)(C)C)c1. The van der Waals surface area contributed by atoms with Gasteiger partial charge in [-0.1, -0.05) is 77.9 Å². The molecular formula is C22H30O. The molecule has 0 bridgehead atoms. The van der Waals surface area contributed by atoms with Crippen molar-refractivity contribution in [1.82, 2.24) is 0 Å². The lowest BCUT2D eigenvalue weighted by Gasteiger charge is -2.26. The predicted molar refractivity (Wildman–Crippen MR) is 99.5 cm³/mol. The molecule has 23 heavy (non-hydrogen) atoms. The van der Waals surface area contributed by atoms with E-state index in [9.17, 15) is 0 Å². The average molecular weight is 310 g/mol. The van der Waals surface area contributed by atoms with Gasteiger partial charge in [0, 0.05) is 6.42 Å². The van der Waals surface area contributed by atoms with Crippen LogP contribution in [0.1, 0.15) is 58.2 Å². The molecule has 1 heteroatoms. The van der Waals surface area contributed by atoms with E-state index in [-0.39, 0.29) is 10.8 Å². The summed E-state index contributed by atoms with van der Waals surface area (Å²) >= 11 is 0. The Morgan fingerprint density at radius 2 is 1.26 bits per heavy atom. The van der Waals surface area contributed by atoms with Crippen molar-refractivity contribution in [3.63, 3.8) is 0 Å². The number of ether oxygens (including phenoxy) is 1. The van der Waals surface area contributed by atoms with Gasteiger partial charge in [0.05, 0.1) is 6.61 Å². The van der Waals surface area contributed by atoms with Crippen LogP contribution < -0.4 is 4.74 Å². The molecule has 1 nitrogen and oxygen atoms in total. The Labute approximate surface area is 141 Å². The Bertz CT molecular complexity index is 595. The summed E-state index contributed by atoms with van der Waals surface area (Å²) in [4.78, 5) is 0. The van der Waals surface area contributed by atoms with Crippen LogP contribution in [0.25, 0.3) is 0 Å². The smallest absolute Gasteiger partial charge is 0.119 e. The molecule has 0 aliphatic heterocycles. The zero-order chi connectivity index (χ0) is 17.1. The summed E-state index contributed by atoms with van der Waals surface area (Å²) in [6.07, 6.45) is 0.936. The van der Waals surface area contributed by atoms with Gasteiger partial charge >= 0.3 is 0 Å². The van der Waals surface area contributed by atoms with Crippen LogP contribution in [0.4, 0.5) is 0 Å². The normalized spacial score (nSPS) is 12.3. The van der Waals surface area contributed by atoms with Gasteiger partial charge in [-0.3, -0.25) is 0 Å². The Kier molecular flexibility index (Phi) is 5.19. The van der Waals surface area contributed by atoms with Crippen molar-refractivity contribution >= 4 is 0 Å². The molecule has 2 aromatic rings. The maximum atomic E-state index is 6.08. The first-order valence-electron chi connectivity index (χ1n) is 8.49. The molecule has 0 fully saturated rings. The minimum atomic E-state index is 0.124. The summed E-state index contributed by atoms with van der Waals surface area (Å²) in [7, 11) is 0. The van der Waals surface area contributed by atoms with Crippen LogP contribution in [0, 0.1) is 0 Å². The van der Waals surface area contributed by atoms with E-state index < -0.39 is 0 Å². The van der Waals surface area contributed by atoms with Crippen molar-refractivity contribution in [2.75, 3.05) is 6.61 Å². The molecule has 0 saturated carbocycles. The summed E-state index contributed by atoms with van der Waals surface area (Å²) in [6, 6.07) is 17.2. The third-order valence-electron chi connectivity index (χ3n) is 4.14. The first-order valence-corrected chi connectivity index (χ1v) is 8.49. The second-order valence-corrected chi connectivity index (χ2v) is 8.33. The molecule has 0 N–H and O–H groups in total. The van der Waals surface area contributed by atoms with Crippen LogP contribution >= 0.6 is 0 Å². The highest BCUT2D eigenvalue weighted by molar-refractivity contribution is 5.40. The molecule has 0 unspecified atom stereocenters. The molecule has 124 valence electrons. The molecule has 0 saturated heterocycles. The van der Waals surface area contributed by atoms with Crippen molar-refractivity contribution in [3.05, 3.63) is 65.2 Å². The van der Waals surface area contributed by atoms with E-state index in [1.54, 1.807) is 0 Å². The van der Waals surface area contributed by atoms with E-state index in [1.807, 2.05) is 6.07 Å². The molecule has 0 amide bonds. The van der Waals surface area contributed by atoms with Gasteiger partial charge in [0.2, 0.25) is 0 Å². The minimum Gasteiger partial charge on any atom is -0.493 e. The molecule has 2 aromatic carbocycles. The molecule has 2 rings (SSSR count). The van der Waals surface area contributed by atoms with Crippen molar-refractivity contribution in [2.45, 2.75) is 58.8 Å². The van der Waals surface area contributed by atoms with E-state index in [4.69, 9.17) is 4.74 Å². The van der Waals surface area contributed by atoms with Crippen molar-refractivity contribution in [3.8, 4) is 5.75 Å². The zero-order valence-electron chi connectivity index (χ0n) is 15.4. The van der Waals surface area contributed by atoms with Crippen LogP contribution in [0.2, 0.25) is 0 Å². The van der Waals surface area contributed by atoms with Crippen LogP contribution in [0.3, 0.4) is 0 Å². The quantitative estimate of drug-likeness (QED) is 0.683. The lowest BCUT2D eigenvalue weighted by molar-refractivity contribution is 0.320. The average Bonchev–Trinajstić information content (AvgIpc) is 2.46. The third kappa shape index (κ3) is 5.13. The lowest BCUT2D eigenvalue weighted by Crippen LogP contribution is -2.17. The lowest BCUT2D eigenvalue weighted by atomic mass is 9.80. The van der Waals surface area contributed by atoms with Gasteiger partial charge in [-0.2, -0.15) is 0 Å². The van der Waals surface area contributed by atoms with E-state index in [2.05, 4.69) is 84.0 Å². The molecular weight excluding hydrogens is 280 g/mol. The Morgan fingerprint density at radius 1 is 0.739 bits per heavy atom. The van der Waals surface area contributed by atoms with E-state index in [1.165, 1.54) is 16.7 Å². The molecule has 0 atom stereocenters. The van der Waals surface area contributed by atoms with Gasteiger partial charge in [0.15, 0.2) is 0 Å². The third-order valence-corrected chi connectivity index (χ3v) is 4.14. The fourth-order valence-electron chi connectivity index (χ4n) is 2.48. The summed E-state index contributed by atoms with van der Waals surface area (Å²) in [5.41, 5.74) is 4.23. The highest BCUT2D eigenvalue weighted by Gasteiger charge is 2.20. The summed E-state index contributed by atoms with van der Waals surface area (Å²) in [6.45, 7) is 14.2. The fourth-order valence-corrected chi connectivity index (χ4v) is 2.48. The Hall–Kier alpha value is -1.76. The predicted octanol–water partition coefficient (Wildman–Crippen LogP) is 5.90. The van der Waals surface area contributed by atoms with Gasteiger partial charge in [0.1, 0.15) is 5.75 Å². The molecule has 0 aliphatic carbocycles. The number of benzene rings is 2. The molecule has 0 aliphatic rings. The maximum absolute atomic E-state index is 6.08. The molecule has 0 aromatic heterocycles. The topological polar surface area (TPSA) is 9.23 Å². The van der Waals surface area contributed by atoms with Crippen LogP contribution in [-0.4, -0.2) is 6.61 Å². The van der Waals surface area contributed by atoms with Gasteiger partial charge in [-0.05, 0) is 39.7 Å². The minimum absolute atomic E-state index is 0.124. The van der Waals surface area contributed by atoms with E-state index in [0.29, 0.717) is 6.61 Å². The van der Waals surface area contributed by atoms with E-state index in [0.717, 1.165) is 12.2 Å². The first-order chi connectivity index (χ1) is 10.7. The second kappa shape index (κ2) is 6.78. The molecule has 0 spiro atoms. The number of hydrogen-bond donors (Lipinski definition) is 0. The van der Waals surface area contributed by atoms with Crippen molar-refractivity contribution in [1.29, 1.82) is 0 Å². The highest BCUT2D eigenvalue weighted by Crippen LogP contribution is 2.32.